The van der Waals surface area contributed by atoms with Gasteiger partial charge in [-0.2, -0.15) is 0 Å². The fourth-order valence-electron chi connectivity index (χ4n) is 1.98. The molecule has 0 aromatic heterocycles. The van der Waals surface area contributed by atoms with Crippen LogP contribution in [0.5, 0.6) is 0 Å². The van der Waals surface area contributed by atoms with E-state index in [1.807, 2.05) is 30.3 Å². The normalized spacial score (nSPS) is 12.1. The Morgan fingerprint density at radius 3 is 2.29 bits per heavy atom. The van der Waals surface area contributed by atoms with E-state index in [0.717, 1.165) is 6.29 Å². The molecule has 2 aromatic rings. The number of benzene rings is 2. The van der Waals surface area contributed by atoms with Crippen molar-refractivity contribution in [1.29, 1.82) is 0 Å². The predicted octanol–water partition coefficient (Wildman–Crippen LogP) is 4.01. The average Bonchev–Trinajstić information content (AvgIpc) is 2.38. The third-order valence-electron chi connectivity index (χ3n) is 2.81. The van der Waals surface area contributed by atoms with Crippen molar-refractivity contribution in [1.82, 2.24) is 0 Å². The Kier molecular flexibility index (Phi) is 4.31. The van der Waals surface area contributed by atoms with Crippen molar-refractivity contribution < 1.29 is 4.79 Å². The summed E-state index contributed by atoms with van der Waals surface area (Å²) in [6, 6.07) is 18.4. The van der Waals surface area contributed by atoms with Crippen LogP contribution in [0, 0.1) is 3.57 Å². The van der Waals surface area contributed by atoms with E-state index in [0.29, 0.717) is 6.42 Å². The molecule has 2 aromatic carbocycles. The van der Waals surface area contributed by atoms with E-state index >= 15 is 0 Å². The molecule has 0 bridgehead atoms. The molecule has 1 atom stereocenters. The maximum atomic E-state index is 10.9. The van der Waals surface area contributed by atoms with Gasteiger partial charge in [0.2, 0.25) is 0 Å². The van der Waals surface area contributed by atoms with Crippen molar-refractivity contribution in [2.75, 3.05) is 0 Å². The molecule has 0 saturated heterocycles. The van der Waals surface area contributed by atoms with Crippen LogP contribution in [0.1, 0.15) is 23.5 Å². The van der Waals surface area contributed by atoms with Crippen molar-refractivity contribution in [3.05, 3.63) is 69.3 Å². The topological polar surface area (TPSA) is 17.1 Å². The zero-order valence-electron chi connectivity index (χ0n) is 9.34. The summed E-state index contributed by atoms with van der Waals surface area (Å²) in [6.07, 6.45) is 1.53. The van der Waals surface area contributed by atoms with E-state index in [9.17, 15) is 4.79 Å². The second-order valence-corrected chi connectivity index (χ2v) is 5.05. The molecule has 86 valence electrons. The number of carbonyl (C=O) groups excluding carboxylic acids is 1. The quantitative estimate of drug-likeness (QED) is 0.609. The molecule has 0 fully saturated rings. The fraction of sp³-hybridized carbons (Fsp3) is 0.133. The molecule has 0 amide bonds. The number of hydrogen-bond donors (Lipinski definition) is 0. The average molecular weight is 336 g/mol. The van der Waals surface area contributed by atoms with Crippen LogP contribution in [-0.2, 0) is 4.79 Å². The smallest absolute Gasteiger partial charge is 0.120 e. The molecule has 0 radical (unpaired) electrons. The van der Waals surface area contributed by atoms with Gasteiger partial charge in [-0.05, 0) is 39.8 Å². The molecule has 0 spiro atoms. The number of hydrogen-bond acceptors (Lipinski definition) is 1. The number of rotatable bonds is 4. The Morgan fingerprint density at radius 1 is 1.00 bits per heavy atom. The minimum Gasteiger partial charge on any atom is -0.303 e. The van der Waals surface area contributed by atoms with Gasteiger partial charge in [-0.1, -0.05) is 48.5 Å². The highest BCUT2D eigenvalue weighted by Gasteiger charge is 2.15. The summed E-state index contributed by atoms with van der Waals surface area (Å²) in [6.45, 7) is 0. The van der Waals surface area contributed by atoms with Crippen LogP contribution in [0.2, 0.25) is 0 Å². The van der Waals surface area contributed by atoms with Crippen LogP contribution in [-0.4, -0.2) is 6.29 Å². The standard InChI is InChI=1S/C15H13IO/c16-15-9-5-4-8-14(15)13(10-11-17)12-6-2-1-3-7-12/h1-9,11,13H,10H2/t13-/m0/s1. The largest absolute Gasteiger partial charge is 0.303 e. The lowest BCUT2D eigenvalue weighted by Gasteiger charge is -2.16. The summed E-state index contributed by atoms with van der Waals surface area (Å²) < 4.78 is 1.21. The Hall–Kier alpha value is -1.16. The molecule has 0 aliphatic carbocycles. The third kappa shape index (κ3) is 2.94. The Balaban J connectivity index is 2.43. The van der Waals surface area contributed by atoms with Crippen molar-refractivity contribution >= 4 is 28.9 Å². The first-order chi connectivity index (χ1) is 8.33. The zero-order valence-corrected chi connectivity index (χ0v) is 11.5. The molecule has 0 unspecified atom stereocenters. The Bertz CT molecular complexity index is 493. The van der Waals surface area contributed by atoms with Gasteiger partial charge < -0.3 is 4.79 Å². The summed E-state index contributed by atoms with van der Waals surface area (Å²) in [4.78, 5) is 10.9. The molecular formula is C15H13IO. The van der Waals surface area contributed by atoms with Gasteiger partial charge in [0.25, 0.3) is 0 Å². The zero-order chi connectivity index (χ0) is 12.1. The van der Waals surface area contributed by atoms with Gasteiger partial charge in [-0.15, -0.1) is 0 Å². The maximum absolute atomic E-state index is 10.9. The van der Waals surface area contributed by atoms with Gasteiger partial charge in [0.15, 0.2) is 0 Å². The predicted molar refractivity (Wildman–Crippen MR) is 78.1 cm³/mol. The van der Waals surface area contributed by atoms with Crippen molar-refractivity contribution in [2.45, 2.75) is 12.3 Å². The van der Waals surface area contributed by atoms with E-state index < -0.39 is 0 Å². The van der Waals surface area contributed by atoms with Crippen LogP contribution >= 0.6 is 22.6 Å². The first-order valence-corrected chi connectivity index (χ1v) is 6.64. The van der Waals surface area contributed by atoms with Gasteiger partial charge in [-0.3, -0.25) is 0 Å². The first kappa shape index (κ1) is 12.3. The molecule has 1 nitrogen and oxygen atoms in total. The number of halogens is 1. The van der Waals surface area contributed by atoms with Crippen LogP contribution in [0.15, 0.2) is 54.6 Å². The third-order valence-corrected chi connectivity index (χ3v) is 3.80. The maximum Gasteiger partial charge on any atom is 0.120 e. The van der Waals surface area contributed by atoms with Gasteiger partial charge >= 0.3 is 0 Å². The van der Waals surface area contributed by atoms with Gasteiger partial charge in [-0.25, -0.2) is 0 Å². The van der Waals surface area contributed by atoms with Crippen molar-refractivity contribution in [3.8, 4) is 0 Å². The summed E-state index contributed by atoms with van der Waals surface area (Å²) >= 11 is 2.33. The minimum absolute atomic E-state index is 0.168. The van der Waals surface area contributed by atoms with E-state index in [1.54, 1.807) is 0 Å². The highest BCUT2D eigenvalue weighted by atomic mass is 127. The number of aldehydes is 1. The van der Waals surface area contributed by atoms with Crippen LogP contribution in [0.25, 0.3) is 0 Å². The summed E-state index contributed by atoms with van der Waals surface area (Å²) in [5.41, 5.74) is 2.43. The molecular weight excluding hydrogens is 323 g/mol. The monoisotopic (exact) mass is 336 g/mol. The minimum atomic E-state index is 0.168. The Labute approximate surface area is 115 Å². The van der Waals surface area contributed by atoms with Gasteiger partial charge in [0, 0.05) is 15.9 Å². The lowest BCUT2D eigenvalue weighted by atomic mass is 9.89. The number of carbonyl (C=O) groups is 1. The highest BCUT2D eigenvalue weighted by molar-refractivity contribution is 14.1. The second kappa shape index (κ2) is 5.96. The fourth-order valence-corrected chi connectivity index (χ4v) is 2.75. The molecule has 0 aliphatic heterocycles. The molecule has 17 heavy (non-hydrogen) atoms. The van der Waals surface area contributed by atoms with E-state index in [-0.39, 0.29) is 5.92 Å². The summed E-state index contributed by atoms with van der Waals surface area (Å²) in [7, 11) is 0. The van der Waals surface area contributed by atoms with Gasteiger partial charge in [0.1, 0.15) is 6.29 Å². The molecule has 2 rings (SSSR count). The summed E-state index contributed by atoms with van der Waals surface area (Å²) in [5.74, 6) is 0.168. The molecule has 0 aliphatic rings. The summed E-state index contributed by atoms with van der Waals surface area (Å²) in [5, 5.41) is 0. The highest BCUT2D eigenvalue weighted by Crippen LogP contribution is 2.30. The van der Waals surface area contributed by atoms with E-state index in [1.165, 1.54) is 14.7 Å². The van der Waals surface area contributed by atoms with Crippen molar-refractivity contribution in [2.24, 2.45) is 0 Å². The van der Waals surface area contributed by atoms with Crippen LogP contribution in [0.3, 0.4) is 0 Å². The van der Waals surface area contributed by atoms with Crippen LogP contribution < -0.4 is 0 Å². The lowest BCUT2D eigenvalue weighted by molar-refractivity contribution is -0.108. The Morgan fingerprint density at radius 2 is 1.65 bits per heavy atom. The van der Waals surface area contributed by atoms with Crippen LogP contribution in [0.4, 0.5) is 0 Å². The first-order valence-electron chi connectivity index (χ1n) is 5.56. The SMILES string of the molecule is O=CC[C@@H](c1ccccc1)c1ccccc1I. The van der Waals surface area contributed by atoms with Gasteiger partial charge in [0.05, 0.1) is 0 Å². The lowest BCUT2D eigenvalue weighted by Crippen LogP contribution is -2.03. The van der Waals surface area contributed by atoms with Crippen molar-refractivity contribution in [3.63, 3.8) is 0 Å². The molecule has 0 N–H and O–H groups in total. The van der Waals surface area contributed by atoms with E-state index in [2.05, 4.69) is 46.9 Å². The molecule has 0 saturated carbocycles. The van der Waals surface area contributed by atoms with E-state index in [4.69, 9.17) is 0 Å². The second-order valence-electron chi connectivity index (χ2n) is 3.89. The molecule has 2 heteroatoms. The molecule has 0 heterocycles.